The number of hydrogen-bond donors (Lipinski definition) is 4. The Morgan fingerprint density at radius 2 is 1.78 bits per heavy atom. The lowest BCUT2D eigenvalue weighted by Crippen LogP contribution is -2.33. The number of aliphatic hydroxyl groups is 1. The molecule has 4 N–H and O–H groups in total. The third-order valence-corrected chi connectivity index (χ3v) is 4.55. The first kappa shape index (κ1) is 21.3. The number of aromatic hydroxyl groups is 1. The van der Waals surface area contributed by atoms with Crippen molar-refractivity contribution in [2.24, 2.45) is 0 Å². The summed E-state index contributed by atoms with van der Waals surface area (Å²) in [5.41, 5.74) is 1.56. The minimum Gasteiger partial charge on any atom is -0.508 e. The average molecular weight is 414 g/mol. The smallest absolute Gasteiger partial charge is 0.341 e. The molecule has 27 heavy (non-hydrogen) atoms. The van der Waals surface area contributed by atoms with Crippen LogP contribution >= 0.6 is 23.2 Å². The molecule has 0 aliphatic rings. The molecule has 0 unspecified atom stereocenters. The number of nitrogens with one attached hydrogen (secondary N) is 1. The molecule has 0 saturated carbocycles. The molecule has 6 nitrogen and oxygen atoms in total. The number of aliphatic hydroxyl groups excluding tert-OH is 1. The van der Waals surface area contributed by atoms with Crippen LogP contribution in [0.25, 0.3) is 0 Å². The van der Waals surface area contributed by atoms with Crippen molar-refractivity contribution in [3.63, 3.8) is 0 Å². The summed E-state index contributed by atoms with van der Waals surface area (Å²) in [5.74, 6) is -0.818. The second-order valence-corrected chi connectivity index (χ2v) is 6.91. The first-order valence-corrected chi connectivity index (χ1v) is 9.06. The van der Waals surface area contributed by atoms with Crippen LogP contribution < -0.4 is 10.1 Å². The third-order valence-electron chi connectivity index (χ3n) is 3.99. The molecule has 0 bridgehead atoms. The molecule has 0 aliphatic heterocycles. The predicted octanol–water partition coefficient (Wildman–Crippen LogP) is 3.42. The van der Waals surface area contributed by atoms with Gasteiger partial charge in [0.15, 0.2) is 12.4 Å². The Hall–Kier alpha value is -1.99. The fourth-order valence-electron chi connectivity index (χ4n) is 2.54. The molecule has 2 rings (SSSR count). The van der Waals surface area contributed by atoms with Crippen molar-refractivity contribution in [2.75, 3.05) is 13.2 Å². The topological polar surface area (TPSA) is 99.0 Å². The van der Waals surface area contributed by atoms with E-state index in [0.29, 0.717) is 18.5 Å². The number of hydrogen-bond acceptors (Lipinski definition) is 5. The lowest BCUT2D eigenvalue weighted by atomic mass is 10.0. The highest BCUT2D eigenvalue weighted by Gasteiger charge is 2.16. The van der Waals surface area contributed by atoms with Gasteiger partial charge >= 0.3 is 5.97 Å². The molecule has 0 heterocycles. The van der Waals surface area contributed by atoms with E-state index >= 15 is 0 Å². The molecule has 0 fully saturated rings. The fraction of sp³-hybridized carbons (Fsp3) is 0.316. The SMILES string of the molecule is C[C@H](NCCc1cc(Cl)c(OCC(=O)O)c(Cl)c1)[C@@H](O)c1ccc(O)cc1. The van der Waals surface area contributed by atoms with Gasteiger partial charge in [0.2, 0.25) is 0 Å². The quantitative estimate of drug-likeness (QED) is 0.502. The molecular formula is C19H21Cl2NO5. The van der Waals surface area contributed by atoms with Gasteiger partial charge in [0, 0.05) is 6.04 Å². The van der Waals surface area contributed by atoms with Crippen LogP contribution in [-0.4, -0.2) is 40.5 Å². The molecule has 8 heteroatoms. The summed E-state index contributed by atoms with van der Waals surface area (Å²) in [4.78, 5) is 10.6. The maximum absolute atomic E-state index is 10.6. The Kier molecular flexibility index (Phi) is 7.74. The zero-order chi connectivity index (χ0) is 20.0. The van der Waals surface area contributed by atoms with Gasteiger partial charge in [-0.1, -0.05) is 35.3 Å². The van der Waals surface area contributed by atoms with Crippen LogP contribution in [0.4, 0.5) is 0 Å². The Morgan fingerprint density at radius 1 is 1.19 bits per heavy atom. The van der Waals surface area contributed by atoms with E-state index in [1.165, 1.54) is 12.1 Å². The summed E-state index contributed by atoms with van der Waals surface area (Å²) < 4.78 is 5.09. The van der Waals surface area contributed by atoms with E-state index in [4.69, 9.17) is 33.0 Å². The van der Waals surface area contributed by atoms with Gasteiger partial charge in [-0.15, -0.1) is 0 Å². The number of carbonyl (C=O) groups is 1. The normalized spacial score (nSPS) is 13.2. The van der Waals surface area contributed by atoms with Gasteiger partial charge in [-0.25, -0.2) is 4.79 Å². The summed E-state index contributed by atoms with van der Waals surface area (Å²) in [5, 5.41) is 32.1. The molecule has 0 aliphatic carbocycles. The summed E-state index contributed by atoms with van der Waals surface area (Å²) in [6, 6.07) is 9.55. The number of halogens is 2. The molecule has 2 aromatic carbocycles. The molecule has 0 spiro atoms. The molecule has 0 aromatic heterocycles. The Morgan fingerprint density at radius 3 is 2.33 bits per heavy atom. The predicted molar refractivity (Wildman–Crippen MR) is 104 cm³/mol. The van der Waals surface area contributed by atoms with Gasteiger partial charge in [-0.3, -0.25) is 0 Å². The zero-order valence-electron chi connectivity index (χ0n) is 14.7. The van der Waals surface area contributed by atoms with Crippen molar-refractivity contribution < 1.29 is 24.9 Å². The highest BCUT2D eigenvalue weighted by atomic mass is 35.5. The number of carboxylic acid groups (broad SMARTS) is 1. The number of benzene rings is 2. The van der Waals surface area contributed by atoms with Gasteiger partial charge < -0.3 is 25.4 Å². The largest absolute Gasteiger partial charge is 0.508 e. The number of carboxylic acids is 1. The van der Waals surface area contributed by atoms with Crippen LogP contribution in [0.5, 0.6) is 11.5 Å². The zero-order valence-corrected chi connectivity index (χ0v) is 16.2. The van der Waals surface area contributed by atoms with Gasteiger partial charge in [-0.2, -0.15) is 0 Å². The summed E-state index contributed by atoms with van der Waals surface area (Å²) in [7, 11) is 0. The van der Waals surface area contributed by atoms with Crippen LogP contribution in [0.2, 0.25) is 10.0 Å². The van der Waals surface area contributed by atoms with E-state index in [9.17, 15) is 15.0 Å². The van der Waals surface area contributed by atoms with Gasteiger partial charge in [-0.05, 0) is 55.3 Å². The highest BCUT2D eigenvalue weighted by molar-refractivity contribution is 6.37. The van der Waals surface area contributed by atoms with E-state index in [2.05, 4.69) is 5.32 Å². The van der Waals surface area contributed by atoms with Crippen molar-refractivity contribution in [3.05, 3.63) is 57.6 Å². The molecule has 0 amide bonds. The van der Waals surface area contributed by atoms with Crippen molar-refractivity contribution >= 4 is 29.2 Å². The number of rotatable bonds is 9. The molecule has 0 saturated heterocycles. The number of ether oxygens (including phenoxy) is 1. The van der Waals surface area contributed by atoms with Crippen LogP contribution in [0, 0.1) is 0 Å². The van der Waals surface area contributed by atoms with Crippen molar-refractivity contribution in [1.82, 2.24) is 5.32 Å². The lowest BCUT2D eigenvalue weighted by molar-refractivity contribution is -0.139. The monoisotopic (exact) mass is 413 g/mol. The second-order valence-electron chi connectivity index (χ2n) is 6.10. The van der Waals surface area contributed by atoms with E-state index in [0.717, 1.165) is 5.56 Å². The number of phenols is 1. The van der Waals surface area contributed by atoms with Crippen molar-refractivity contribution in [3.8, 4) is 11.5 Å². The maximum atomic E-state index is 10.6. The Bertz CT molecular complexity index is 759. The van der Waals surface area contributed by atoms with Crippen LogP contribution in [0.1, 0.15) is 24.2 Å². The minimum atomic E-state index is -1.11. The first-order valence-electron chi connectivity index (χ1n) is 8.31. The molecule has 0 radical (unpaired) electrons. The number of phenolic OH excluding ortho intramolecular Hbond substituents is 1. The maximum Gasteiger partial charge on any atom is 0.341 e. The van der Waals surface area contributed by atoms with Crippen LogP contribution in [0.3, 0.4) is 0 Å². The van der Waals surface area contributed by atoms with Gasteiger partial charge in [0.1, 0.15) is 5.75 Å². The van der Waals surface area contributed by atoms with Crippen molar-refractivity contribution in [2.45, 2.75) is 25.5 Å². The standard InChI is InChI=1S/C19H21Cl2NO5/c1-11(18(26)13-2-4-14(23)5-3-13)22-7-6-12-8-15(20)19(16(21)9-12)27-10-17(24)25/h2-5,8-9,11,18,22-23,26H,6-7,10H2,1H3,(H,24,25)/t11-,18+/m0/s1. The van der Waals surface area contributed by atoms with E-state index in [-0.39, 0.29) is 27.6 Å². The summed E-state index contributed by atoms with van der Waals surface area (Å²) in [6.07, 6.45) is -0.116. The summed E-state index contributed by atoms with van der Waals surface area (Å²) in [6.45, 7) is 1.91. The van der Waals surface area contributed by atoms with Gasteiger partial charge in [0.05, 0.1) is 16.1 Å². The van der Waals surface area contributed by atoms with Crippen molar-refractivity contribution in [1.29, 1.82) is 0 Å². The first-order chi connectivity index (χ1) is 12.8. The highest BCUT2D eigenvalue weighted by Crippen LogP contribution is 2.34. The fourth-order valence-corrected chi connectivity index (χ4v) is 3.19. The van der Waals surface area contributed by atoms with E-state index < -0.39 is 18.7 Å². The minimum absolute atomic E-state index is 0.147. The number of aliphatic carboxylic acids is 1. The van der Waals surface area contributed by atoms with E-state index in [1.807, 2.05) is 6.92 Å². The average Bonchev–Trinajstić information content (AvgIpc) is 2.60. The molecule has 2 aromatic rings. The van der Waals surface area contributed by atoms with Crippen LogP contribution in [-0.2, 0) is 11.2 Å². The molecular weight excluding hydrogens is 393 g/mol. The second kappa shape index (κ2) is 9.80. The van der Waals surface area contributed by atoms with Gasteiger partial charge in [0.25, 0.3) is 0 Å². The van der Waals surface area contributed by atoms with E-state index in [1.54, 1.807) is 24.3 Å². The molecule has 2 atom stereocenters. The lowest BCUT2D eigenvalue weighted by Gasteiger charge is -2.21. The third kappa shape index (κ3) is 6.29. The summed E-state index contributed by atoms with van der Waals surface area (Å²) >= 11 is 12.2. The molecule has 146 valence electrons. The Balaban J connectivity index is 1.90. The Labute approximate surface area is 167 Å². The van der Waals surface area contributed by atoms with Crippen LogP contribution in [0.15, 0.2) is 36.4 Å².